The van der Waals surface area contributed by atoms with Crippen LogP contribution >= 0.6 is 0 Å². The quantitative estimate of drug-likeness (QED) is 0.831. The molecule has 0 atom stereocenters. The molecule has 2 aromatic rings. The van der Waals surface area contributed by atoms with Gasteiger partial charge in [0.1, 0.15) is 5.69 Å². The van der Waals surface area contributed by atoms with E-state index in [1.165, 1.54) is 12.8 Å². The van der Waals surface area contributed by atoms with Gasteiger partial charge in [-0.1, -0.05) is 5.16 Å². The molecule has 0 aromatic carbocycles. The first-order valence-corrected chi connectivity index (χ1v) is 6.26. The molecule has 1 aliphatic rings. The van der Waals surface area contributed by atoms with Crippen molar-refractivity contribution >= 4 is 0 Å². The fourth-order valence-electron chi connectivity index (χ4n) is 1.68. The monoisotopic (exact) mass is 261 g/mol. The molecule has 0 saturated heterocycles. The van der Waals surface area contributed by atoms with Crippen LogP contribution in [0.15, 0.2) is 16.7 Å². The molecule has 1 fully saturated rings. The summed E-state index contributed by atoms with van der Waals surface area (Å²) in [6, 6.07) is 3.46. The van der Waals surface area contributed by atoms with Gasteiger partial charge in [0.15, 0.2) is 0 Å². The Morgan fingerprint density at radius 1 is 1.37 bits per heavy atom. The maximum absolute atomic E-state index is 5.16. The Bertz CT molecular complexity index is 535. The molecule has 2 heterocycles. The van der Waals surface area contributed by atoms with Crippen LogP contribution in [0.25, 0.3) is 11.5 Å². The number of hydrogen-bond acceptors (Lipinski definition) is 7. The highest BCUT2D eigenvalue weighted by atomic mass is 16.5. The van der Waals surface area contributed by atoms with Crippen molar-refractivity contribution in [3.63, 3.8) is 0 Å². The third-order valence-electron chi connectivity index (χ3n) is 2.95. The Morgan fingerprint density at radius 3 is 2.95 bits per heavy atom. The molecule has 100 valence electrons. The summed E-state index contributed by atoms with van der Waals surface area (Å²) < 4.78 is 10.1. The van der Waals surface area contributed by atoms with Crippen LogP contribution in [0, 0.1) is 5.92 Å². The zero-order valence-corrected chi connectivity index (χ0v) is 10.7. The third kappa shape index (κ3) is 3.05. The number of hydrogen-bond donors (Lipinski definition) is 1. The molecular formula is C12H15N5O2. The van der Waals surface area contributed by atoms with Gasteiger partial charge in [-0.25, -0.2) is 0 Å². The Hall–Kier alpha value is -2.02. The first-order valence-electron chi connectivity index (χ1n) is 6.26. The van der Waals surface area contributed by atoms with Crippen LogP contribution in [0.3, 0.4) is 0 Å². The number of methoxy groups -OCH3 is 1. The second-order valence-corrected chi connectivity index (χ2v) is 4.55. The van der Waals surface area contributed by atoms with Crippen molar-refractivity contribution in [2.75, 3.05) is 13.7 Å². The fourth-order valence-corrected chi connectivity index (χ4v) is 1.68. The van der Waals surface area contributed by atoms with Gasteiger partial charge in [0.2, 0.25) is 17.6 Å². The van der Waals surface area contributed by atoms with Crippen molar-refractivity contribution in [3.8, 4) is 17.4 Å². The van der Waals surface area contributed by atoms with Gasteiger partial charge in [0.05, 0.1) is 13.7 Å². The van der Waals surface area contributed by atoms with Crippen LogP contribution in [0.4, 0.5) is 0 Å². The molecule has 0 aliphatic heterocycles. The van der Waals surface area contributed by atoms with Crippen molar-refractivity contribution in [1.82, 2.24) is 25.7 Å². The molecule has 7 heteroatoms. The predicted molar refractivity (Wildman–Crippen MR) is 66.3 cm³/mol. The normalized spacial score (nSPS) is 14.6. The van der Waals surface area contributed by atoms with E-state index in [9.17, 15) is 0 Å². The van der Waals surface area contributed by atoms with Crippen LogP contribution in [0.1, 0.15) is 18.7 Å². The molecule has 19 heavy (non-hydrogen) atoms. The standard InChI is InChI=1S/C12H15N5O2/c1-18-10-5-4-9(15-16-10)12-14-11(19-17-12)7-13-6-8-2-3-8/h4-5,8,13H,2-3,6-7H2,1H3. The molecule has 0 radical (unpaired) electrons. The summed E-state index contributed by atoms with van der Waals surface area (Å²) in [7, 11) is 1.54. The van der Waals surface area contributed by atoms with E-state index in [0.29, 0.717) is 29.8 Å². The van der Waals surface area contributed by atoms with Gasteiger partial charge in [0.25, 0.3) is 0 Å². The zero-order valence-electron chi connectivity index (χ0n) is 10.7. The van der Waals surface area contributed by atoms with Gasteiger partial charge in [-0.3, -0.25) is 0 Å². The topological polar surface area (TPSA) is 86.0 Å². The maximum atomic E-state index is 5.16. The lowest BCUT2D eigenvalue weighted by molar-refractivity contribution is 0.366. The van der Waals surface area contributed by atoms with Gasteiger partial charge in [-0.2, -0.15) is 4.98 Å². The lowest BCUT2D eigenvalue weighted by Gasteiger charge is -1.97. The molecular weight excluding hydrogens is 246 g/mol. The minimum atomic E-state index is 0.443. The highest BCUT2D eigenvalue weighted by Gasteiger charge is 2.20. The molecule has 1 aliphatic carbocycles. The Kier molecular flexibility index (Phi) is 3.37. The van der Waals surface area contributed by atoms with Crippen LogP contribution in [0.5, 0.6) is 5.88 Å². The number of aromatic nitrogens is 4. The fraction of sp³-hybridized carbons (Fsp3) is 0.500. The van der Waals surface area contributed by atoms with Crippen molar-refractivity contribution in [1.29, 1.82) is 0 Å². The number of nitrogens with zero attached hydrogens (tertiary/aromatic N) is 4. The molecule has 1 N–H and O–H groups in total. The zero-order chi connectivity index (χ0) is 13.1. The Labute approximate surface area is 110 Å². The van der Waals surface area contributed by atoms with E-state index in [4.69, 9.17) is 9.26 Å². The Balaban J connectivity index is 1.61. The van der Waals surface area contributed by atoms with Crippen LogP contribution in [-0.2, 0) is 6.54 Å². The largest absolute Gasteiger partial charge is 0.480 e. The van der Waals surface area contributed by atoms with Gasteiger partial charge in [0, 0.05) is 6.07 Å². The molecule has 0 amide bonds. The number of nitrogens with one attached hydrogen (secondary N) is 1. The van der Waals surface area contributed by atoms with Crippen LogP contribution < -0.4 is 10.1 Å². The second-order valence-electron chi connectivity index (χ2n) is 4.55. The van der Waals surface area contributed by atoms with E-state index >= 15 is 0 Å². The lowest BCUT2D eigenvalue weighted by atomic mass is 10.4. The van der Waals surface area contributed by atoms with Crippen LogP contribution in [-0.4, -0.2) is 34.0 Å². The molecule has 3 rings (SSSR count). The average Bonchev–Trinajstić information content (AvgIpc) is 3.15. The highest BCUT2D eigenvalue weighted by molar-refractivity contribution is 5.47. The van der Waals surface area contributed by atoms with E-state index in [-0.39, 0.29) is 0 Å². The number of ether oxygens (including phenoxy) is 1. The molecule has 0 bridgehead atoms. The minimum Gasteiger partial charge on any atom is -0.480 e. The first kappa shape index (κ1) is 12.0. The van der Waals surface area contributed by atoms with Gasteiger partial charge < -0.3 is 14.6 Å². The SMILES string of the molecule is COc1ccc(-c2noc(CNCC3CC3)n2)nn1. The minimum absolute atomic E-state index is 0.443. The van der Waals surface area contributed by atoms with Crippen LogP contribution in [0.2, 0.25) is 0 Å². The van der Waals surface area contributed by atoms with Crippen molar-refractivity contribution in [2.45, 2.75) is 19.4 Å². The average molecular weight is 261 g/mol. The van der Waals surface area contributed by atoms with Crippen molar-refractivity contribution < 1.29 is 9.26 Å². The third-order valence-corrected chi connectivity index (χ3v) is 2.95. The molecule has 0 unspecified atom stereocenters. The summed E-state index contributed by atoms with van der Waals surface area (Å²) in [4.78, 5) is 4.27. The highest BCUT2D eigenvalue weighted by Crippen LogP contribution is 2.27. The molecule has 7 nitrogen and oxygen atoms in total. The van der Waals surface area contributed by atoms with Gasteiger partial charge >= 0.3 is 0 Å². The lowest BCUT2D eigenvalue weighted by Crippen LogP contribution is -2.16. The predicted octanol–water partition coefficient (Wildman–Crippen LogP) is 1.03. The Morgan fingerprint density at radius 2 is 2.26 bits per heavy atom. The van der Waals surface area contributed by atoms with Gasteiger partial charge in [-0.15, -0.1) is 10.2 Å². The summed E-state index contributed by atoms with van der Waals surface area (Å²) in [6.07, 6.45) is 2.65. The summed E-state index contributed by atoms with van der Waals surface area (Å²) in [5.74, 6) is 2.29. The smallest absolute Gasteiger partial charge is 0.240 e. The van der Waals surface area contributed by atoms with Gasteiger partial charge in [-0.05, 0) is 31.4 Å². The summed E-state index contributed by atoms with van der Waals surface area (Å²) in [5.41, 5.74) is 0.568. The second kappa shape index (κ2) is 5.31. The van der Waals surface area contributed by atoms with Crippen molar-refractivity contribution in [3.05, 3.63) is 18.0 Å². The number of rotatable bonds is 6. The van der Waals surface area contributed by atoms with E-state index < -0.39 is 0 Å². The van der Waals surface area contributed by atoms with E-state index in [1.54, 1.807) is 19.2 Å². The molecule has 0 spiro atoms. The van der Waals surface area contributed by atoms with E-state index in [2.05, 4.69) is 25.7 Å². The first-order chi connectivity index (χ1) is 9.35. The van der Waals surface area contributed by atoms with E-state index in [1.807, 2.05) is 0 Å². The maximum Gasteiger partial charge on any atom is 0.240 e. The molecule has 2 aromatic heterocycles. The summed E-state index contributed by atoms with van der Waals surface area (Å²) >= 11 is 0. The molecule has 1 saturated carbocycles. The van der Waals surface area contributed by atoms with Crippen molar-refractivity contribution in [2.24, 2.45) is 5.92 Å². The van der Waals surface area contributed by atoms with E-state index in [0.717, 1.165) is 12.5 Å². The summed E-state index contributed by atoms with van der Waals surface area (Å²) in [5, 5.41) is 15.0. The summed E-state index contributed by atoms with van der Waals surface area (Å²) in [6.45, 7) is 1.60.